The van der Waals surface area contributed by atoms with Gasteiger partial charge in [0.2, 0.25) is 11.8 Å². The largest absolute Gasteiger partial charge is 0.453 e. The number of piperidine rings is 2. The Morgan fingerprint density at radius 2 is 1.24 bits per heavy atom. The average Bonchev–Trinajstić information content (AvgIpc) is 3.69. The molecule has 4 saturated heterocycles. The predicted molar refractivity (Wildman–Crippen MR) is 200 cm³/mol. The van der Waals surface area contributed by atoms with E-state index in [9.17, 15) is 24.0 Å². The minimum Gasteiger partial charge on any atom is -0.453 e. The molecule has 1 unspecified atom stereocenters. The Kier molecular flexibility index (Phi) is 17.4. The standard InChI is InChI=1S/C18H31N3O3.C9H18N2O.C9H13NO3.CH4.ClH/c1-4-21(14(2)22)15-6-9-19(10-7-15)16-5-8-18(11-16)12-20(13-18)17(23)24-3;1-3-11(8(2)12)9-4-6-10-7-5-9;1-13-8(12)10-5-9(6-10)3-2-7(11)4-9;;/h15-16H,4-13H2,1-3H3;9-10H,3-7H2,1-2H3;2-6H2,1H3;1H4;1H. The number of Topliss-reactive ketones (excluding diaryl/α,β-unsaturated/α-hetero) is 1. The summed E-state index contributed by atoms with van der Waals surface area (Å²) in [6.45, 7) is 16.5. The third kappa shape index (κ3) is 11.2. The van der Waals surface area contributed by atoms with Crippen LogP contribution in [0, 0.1) is 10.8 Å². The number of carbonyl (C=O) groups is 5. The lowest BCUT2D eigenvalue weighted by atomic mass is 9.78. The molecule has 2 aliphatic carbocycles. The molecule has 0 aromatic carbocycles. The molecule has 0 bridgehead atoms. The van der Waals surface area contributed by atoms with Crippen LogP contribution in [0.4, 0.5) is 9.59 Å². The smallest absolute Gasteiger partial charge is 0.409 e. The molecule has 0 aromatic rings. The number of nitrogens with one attached hydrogen (secondary N) is 1. The summed E-state index contributed by atoms with van der Waals surface area (Å²) >= 11 is 0. The van der Waals surface area contributed by atoms with Gasteiger partial charge >= 0.3 is 12.2 Å². The molecule has 294 valence electrons. The topological polar surface area (TPSA) is 132 Å². The number of ketones is 1. The maximum absolute atomic E-state index is 11.7. The van der Waals surface area contributed by atoms with Gasteiger partial charge in [0.1, 0.15) is 5.78 Å². The van der Waals surface area contributed by atoms with Crippen LogP contribution in [0.25, 0.3) is 0 Å². The second-order valence-electron chi connectivity index (χ2n) is 15.1. The van der Waals surface area contributed by atoms with Crippen LogP contribution in [-0.4, -0.2) is 152 Å². The molecule has 1 N–H and O–H groups in total. The minimum atomic E-state index is -0.273. The van der Waals surface area contributed by atoms with Crippen molar-refractivity contribution in [1.82, 2.24) is 29.8 Å². The van der Waals surface area contributed by atoms with Crippen LogP contribution >= 0.6 is 12.4 Å². The van der Waals surface area contributed by atoms with Gasteiger partial charge in [-0.15, -0.1) is 12.4 Å². The summed E-state index contributed by atoms with van der Waals surface area (Å²) in [5, 5.41) is 3.29. The highest BCUT2D eigenvalue weighted by molar-refractivity contribution is 5.85. The molecule has 13 nitrogen and oxygen atoms in total. The van der Waals surface area contributed by atoms with Crippen LogP contribution < -0.4 is 5.32 Å². The van der Waals surface area contributed by atoms with E-state index in [1.165, 1.54) is 33.5 Å². The number of amides is 4. The van der Waals surface area contributed by atoms with E-state index >= 15 is 0 Å². The Balaban J connectivity index is 0.000000284. The molecule has 0 radical (unpaired) electrons. The second-order valence-corrected chi connectivity index (χ2v) is 15.1. The third-order valence-corrected chi connectivity index (χ3v) is 11.8. The first-order valence-corrected chi connectivity index (χ1v) is 18.6. The highest BCUT2D eigenvalue weighted by atomic mass is 35.5. The van der Waals surface area contributed by atoms with Crippen molar-refractivity contribution in [3.05, 3.63) is 0 Å². The van der Waals surface area contributed by atoms with Crippen molar-refractivity contribution in [2.45, 2.75) is 117 Å². The molecule has 51 heavy (non-hydrogen) atoms. The predicted octanol–water partition coefficient (Wildman–Crippen LogP) is 4.41. The summed E-state index contributed by atoms with van der Waals surface area (Å²) in [7, 11) is 2.84. The van der Waals surface area contributed by atoms with Crippen molar-refractivity contribution in [2.24, 2.45) is 10.8 Å². The van der Waals surface area contributed by atoms with Gasteiger partial charge in [0.15, 0.2) is 0 Å². The lowest BCUT2D eigenvalue weighted by molar-refractivity contribution is -0.132. The number of ether oxygens (including phenoxy) is 2. The molecular formula is C37H67ClN6O7. The van der Waals surface area contributed by atoms with Gasteiger partial charge in [0.25, 0.3) is 0 Å². The van der Waals surface area contributed by atoms with Gasteiger partial charge in [-0.3, -0.25) is 14.4 Å². The van der Waals surface area contributed by atoms with Crippen molar-refractivity contribution < 1.29 is 33.4 Å². The van der Waals surface area contributed by atoms with E-state index in [1.807, 2.05) is 21.6 Å². The van der Waals surface area contributed by atoms with Crippen molar-refractivity contribution in [2.75, 3.05) is 79.7 Å². The first-order valence-electron chi connectivity index (χ1n) is 18.6. The van der Waals surface area contributed by atoms with Gasteiger partial charge in [0.05, 0.1) is 14.2 Å². The van der Waals surface area contributed by atoms with Crippen molar-refractivity contribution in [1.29, 1.82) is 0 Å². The normalized spacial score (nSPS) is 23.6. The zero-order chi connectivity index (χ0) is 35.8. The van der Waals surface area contributed by atoms with Crippen molar-refractivity contribution in [3.63, 3.8) is 0 Å². The van der Waals surface area contributed by atoms with Gasteiger partial charge in [0, 0.05) is 108 Å². The summed E-state index contributed by atoms with van der Waals surface area (Å²) < 4.78 is 9.39. The Labute approximate surface area is 312 Å². The first-order chi connectivity index (χ1) is 23.4. The van der Waals surface area contributed by atoms with E-state index in [0.717, 1.165) is 84.5 Å². The fourth-order valence-electron chi connectivity index (χ4n) is 9.25. The maximum atomic E-state index is 11.7. The SMILES string of the molecule is C.CCN(C(C)=O)C1CCN(C2CCC3(C2)CN(C(=O)OC)C3)CC1.CCN(C(C)=O)C1CCNCC1.COC(=O)N1CC2(CCC(=O)C2)C1.Cl. The van der Waals surface area contributed by atoms with Crippen LogP contribution in [0.5, 0.6) is 0 Å². The molecule has 6 fully saturated rings. The first kappa shape index (κ1) is 44.5. The molecule has 1 atom stereocenters. The fourth-order valence-corrected chi connectivity index (χ4v) is 9.25. The number of carbonyl (C=O) groups excluding carboxylic acids is 5. The van der Waals surface area contributed by atoms with E-state index in [-0.39, 0.29) is 49.2 Å². The molecule has 2 saturated carbocycles. The lowest BCUT2D eigenvalue weighted by Crippen LogP contribution is -2.58. The van der Waals surface area contributed by atoms with Crippen molar-refractivity contribution in [3.8, 4) is 0 Å². The van der Waals surface area contributed by atoms with Gasteiger partial charge < -0.3 is 39.3 Å². The van der Waals surface area contributed by atoms with Crippen LogP contribution in [0.2, 0.25) is 0 Å². The number of nitrogens with zero attached hydrogens (tertiary/aromatic N) is 5. The molecule has 4 amide bonds. The zero-order valence-electron chi connectivity index (χ0n) is 31.4. The monoisotopic (exact) mass is 742 g/mol. The van der Waals surface area contributed by atoms with Crippen molar-refractivity contribution >= 4 is 42.2 Å². The fraction of sp³-hybridized carbons (Fsp3) is 0.865. The number of likely N-dealkylation sites (tertiary alicyclic amines) is 3. The number of halogens is 1. The van der Waals surface area contributed by atoms with Gasteiger partial charge in [-0.25, -0.2) is 9.59 Å². The van der Waals surface area contributed by atoms with E-state index in [1.54, 1.807) is 18.7 Å². The summed E-state index contributed by atoms with van der Waals surface area (Å²) in [4.78, 5) is 66.7. The Morgan fingerprint density at radius 3 is 1.65 bits per heavy atom. The summed E-state index contributed by atoms with van der Waals surface area (Å²) in [6, 6.07) is 1.55. The van der Waals surface area contributed by atoms with E-state index in [4.69, 9.17) is 4.74 Å². The van der Waals surface area contributed by atoms with Crippen LogP contribution in [-0.2, 0) is 23.9 Å². The molecule has 2 spiro atoms. The highest BCUT2D eigenvalue weighted by Gasteiger charge is 2.51. The Hall–Kier alpha value is -2.64. The molecule has 0 aromatic heterocycles. The molecule has 14 heteroatoms. The highest BCUT2D eigenvalue weighted by Crippen LogP contribution is 2.47. The second kappa shape index (κ2) is 20.0. The van der Waals surface area contributed by atoms with Gasteiger partial charge in [-0.1, -0.05) is 7.43 Å². The van der Waals surface area contributed by atoms with Gasteiger partial charge in [-0.2, -0.15) is 0 Å². The van der Waals surface area contributed by atoms with E-state index < -0.39 is 0 Å². The molecular weight excluding hydrogens is 676 g/mol. The molecule has 4 aliphatic heterocycles. The van der Waals surface area contributed by atoms with E-state index in [0.29, 0.717) is 55.3 Å². The van der Waals surface area contributed by atoms with Gasteiger partial charge in [-0.05, 0) is 78.3 Å². The third-order valence-electron chi connectivity index (χ3n) is 11.8. The molecule has 6 rings (SSSR count). The number of hydrogen-bond donors (Lipinski definition) is 1. The number of rotatable bonds is 5. The average molecular weight is 743 g/mol. The van der Waals surface area contributed by atoms with Crippen LogP contribution in [0.3, 0.4) is 0 Å². The maximum Gasteiger partial charge on any atom is 0.409 e. The Bertz CT molecular complexity index is 1160. The Morgan fingerprint density at radius 1 is 0.765 bits per heavy atom. The minimum absolute atomic E-state index is 0. The number of hydrogen-bond acceptors (Lipinski definition) is 9. The number of methoxy groups -OCH3 is 2. The molecule has 6 aliphatic rings. The lowest BCUT2D eigenvalue weighted by Gasteiger charge is -2.48. The summed E-state index contributed by atoms with van der Waals surface area (Å²) in [5.41, 5.74) is 0.454. The quantitative estimate of drug-likeness (QED) is 0.435. The zero-order valence-corrected chi connectivity index (χ0v) is 32.2. The van der Waals surface area contributed by atoms with Crippen LogP contribution in [0.15, 0.2) is 0 Å². The van der Waals surface area contributed by atoms with Crippen LogP contribution in [0.1, 0.15) is 99.3 Å². The summed E-state index contributed by atoms with van der Waals surface area (Å²) in [6.07, 6.45) is 9.88. The molecule has 4 heterocycles. The summed E-state index contributed by atoms with van der Waals surface area (Å²) in [5.74, 6) is 0.752. The van der Waals surface area contributed by atoms with E-state index in [2.05, 4.69) is 21.9 Å².